The molecule has 0 aliphatic carbocycles. The first kappa shape index (κ1) is 11.8. The van der Waals surface area contributed by atoms with Crippen molar-refractivity contribution < 1.29 is 19.2 Å². The second-order valence-corrected chi connectivity index (χ2v) is 3.48. The SMILES string of the molecule is Cc1cc(C(=O)Nc2cccnc2C(=O)O)no1. The maximum Gasteiger partial charge on any atom is 0.356 e. The van der Waals surface area contributed by atoms with Crippen molar-refractivity contribution in [2.75, 3.05) is 5.32 Å². The normalized spacial score (nSPS) is 10.1. The van der Waals surface area contributed by atoms with Crippen molar-refractivity contribution in [3.8, 4) is 0 Å². The Kier molecular flexibility index (Phi) is 3.05. The number of carboxylic acid groups (broad SMARTS) is 1. The number of rotatable bonds is 3. The Morgan fingerprint density at radius 2 is 2.22 bits per heavy atom. The third kappa shape index (κ3) is 2.34. The second kappa shape index (κ2) is 4.66. The highest BCUT2D eigenvalue weighted by Crippen LogP contribution is 2.13. The molecule has 0 radical (unpaired) electrons. The van der Waals surface area contributed by atoms with Gasteiger partial charge in [-0.2, -0.15) is 0 Å². The monoisotopic (exact) mass is 247 g/mol. The molecule has 7 nitrogen and oxygen atoms in total. The smallest absolute Gasteiger partial charge is 0.356 e. The topological polar surface area (TPSA) is 105 Å². The fourth-order valence-electron chi connectivity index (χ4n) is 1.34. The Hall–Kier alpha value is -2.70. The molecule has 2 aromatic rings. The van der Waals surface area contributed by atoms with Gasteiger partial charge in [0.05, 0.1) is 5.69 Å². The predicted molar refractivity (Wildman–Crippen MR) is 60.4 cm³/mol. The summed E-state index contributed by atoms with van der Waals surface area (Å²) in [6.07, 6.45) is 1.33. The van der Waals surface area contributed by atoms with Crippen LogP contribution in [0.5, 0.6) is 0 Å². The van der Waals surface area contributed by atoms with Gasteiger partial charge in [-0.05, 0) is 19.1 Å². The highest BCUT2D eigenvalue weighted by molar-refractivity contribution is 6.06. The van der Waals surface area contributed by atoms with E-state index in [4.69, 9.17) is 9.63 Å². The lowest BCUT2D eigenvalue weighted by Crippen LogP contribution is -2.15. The second-order valence-electron chi connectivity index (χ2n) is 3.48. The van der Waals surface area contributed by atoms with E-state index in [-0.39, 0.29) is 17.1 Å². The summed E-state index contributed by atoms with van der Waals surface area (Å²) in [4.78, 5) is 26.3. The molecule has 2 rings (SSSR count). The molecular formula is C11H9N3O4. The lowest BCUT2D eigenvalue weighted by molar-refractivity contribution is 0.0692. The van der Waals surface area contributed by atoms with Gasteiger partial charge in [-0.1, -0.05) is 5.16 Å². The highest BCUT2D eigenvalue weighted by Gasteiger charge is 2.16. The molecule has 2 aromatic heterocycles. The summed E-state index contributed by atoms with van der Waals surface area (Å²) in [7, 11) is 0. The van der Waals surface area contributed by atoms with E-state index in [1.807, 2.05) is 0 Å². The van der Waals surface area contributed by atoms with Gasteiger partial charge < -0.3 is 14.9 Å². The van der Waals surface area contributed by atoms with E-state index < -0.39 is 11.9 Å². The molecule has 2 heterocycles. The Morgan fingerprint density at radius 3 is 2.83 bits per heavy atom. The van der Waals surface area contributed by atoms with Gasteiger partial charge in [0.2, 0.25) is 0 Å². The molecule has 0 aliphatic heterocycles. The summed E-state index contributed by atoms with van der Waals surface area (Å²) in [5, 5.41) is 14.9. The fraction of sp³-hybridized carbons (Fsp3) is 0.0909. The zero-order valence-electron chi connectivity index (χ0n) is 9.38. The molecule has 2 N–H and O–H groups in total. The van der Waals surface area contributed by atoms with E-state index >= 15 is 0 Å². The number of anilines is 1. The zero-order valence-corrected chi connectivity index (χ0v) is 9.38. The molecule has 0 saturated carbocycles. The maximum absolute atomic E-state index is 11.7. The molecule has 92 valence electrons. The summed E-state index contributed by atoms with van der Waals surface area (Å²) < 4.78 is 4.76. The van der Waals surface area contributed by atoms with Crippen LogP contribution in [0.3, 0.4) is 0 Å². The highest BCUT2D eigenvalue weighted by atomic mass is 16.5. The fourth-order valence-corrected chi connectivity index (χ4v) is 1.34. The average Bonchev–Trinajstić information content (AvgIpc) is 2.76. The van der Waals surface area contributed by atoms with Gasteiger partial charge in [0, 0.05) is 12.3 Å². The van der Waals surface area contributed by atoms with Crippen LogP contribution in [0, 0.1) is 6.92 Å². The van der Waals surface area contributed by atoms with Crippen LogP contribution in [0.2, 0.25) is 0 Å². The van der Waals surface area contributed by atoms with Crippen molar-refractivity contribution in [1.29, 1.82) is 0 Å². The number of amides is 1. The summed E-state index contributed by atoms with van der Waals surface area (Å²) in [6.45, 7) is 1.65. The minimum Gasteiger partial charge on any atom is -0.476 e. The number of nitrogens with zero attached hydrogens (tertiary/aromatic N) is 2. The maximum atomic E-state index is 11.7. The van der Waals surface area contributed by atoms with Crippen molar-refractivity contribution in [3.05, 3.63) is 41.5 Å². The predicted octanol–water partition coefficient (Wildman–Crippen LogP) is 1.33. The van der Waals surface area contributed by atoms with E-state index in [9.17, 15) is 9.59 Å². The molecule has 0 aliphatic rings. The number of carbonyl (C=O) groups is 2. The van der Waals surface area contributed by atoms with E-state index in [0.717, 1.165) is 0 Å². The van der Waals surface area contributed by atoms with Crippen LogP contribution in [0.25, 0.3) is 0 Å². The Balaban J connectivity index is 2.24. The Morgan fingerprint density at radius 1 is 1.44 bits per heavy atom. The quantitative estimate of drug-likeness (QED) is 0.847. The number of pyridine rings is 1. The van der Waals surface area contributed by atoms with Crippen LogP contribution >= 0.6 is 0 Å². The van der Waals surface area contributed by atoms with Gasteiger partial charge >= 0.3 is 5.97 Å². The molecule has 7 heteroatoms. The van der Waals surface area contributed by atoms with Gasteiger partial charge in [-0.15, -0.1) is 0 Å². The lowest BCUT2D eigenvalue weighted by Gasteiger charge is -2.05. The van der Waals surface area contributed by atoms with Crippen LogP contribution in [0.1, 0.15) is 26.7 Å². The van der Waals surface area contributed by atoms with Crippen molar-refractivity contribution in [2.24, 2.45) is 0 Å². The van der Waals surface area contributed by atoms with Crippen molar-refractivity contribution in [1.82, 2.24) is 10.1 Å². The molecule has 1 amide bonds. The van der Waals surface area contributed by atoms with E-state index in [2.05, 4.69) is 15.5 Å². The van der Waals surface area contributed by atoms with Crippen LogP contribution in [0.4, 0.5) is 5.69 Å². The minimum atomic E-state index is -1.22. The number of hydrogen-bond acceptors (Lipinski definition) is 5. The molecule has 0 aromatic carbocycles. The lowest BCUT2D eigenvalue weighted by atomic mass is 10.2. The summed E-state index contributed by atoms with van der Waals surface area (Å²) in [5.41, 5.74) is -0.0468. The summed E-state index contributed by atoms with van der Waals surface area (Å²) in [5.74, 6) is -1.28. The number of aromatic carboxylic acids is 1. The van der Waals surface area contributed by atoms with E-state index in [0.29, 0.717) is 5.76 Å². The van der Waals surface area contributed by atoms with Crippen LogP contribution in [-0.4, -0.2) is 27.1 Å². The molecular weight excluding hydrogens is 238 g/mol. The summed E-state index contributed by atoms with van der Waals surface area (Å²) in [6, 6.07) is 4.42. The standard InChI is InChI=1S/C11H9N3O4/c1-6-5-8(14-18-6)10(15)13-7-3-2-4-12-9(7)11(16)17/h2-5H,1H3,(H,13,15)(H,16,17). The first-order chi connectivity index (χ1) is 8.58. The van der Waals surface area contributed by atoms with Crippen molar-refractivity contribution in [3.63, 3.8) is 0 Å². The summed E-state index contributed by atoms with van der Waals surface area (Å²) >= 11 is 0. The number of carboxylic acids is 1. The third-order valence-electron chi connectivity index (χ3n) is 2.12. The van der Waals surface area contributed by atoms with E-state index in [1.54, 1.807) is 6.92 Å². The molecule has 0 atom stereocenters. The van der Waals surface area contributed by atoms with Crippen LogP contribution in [-0.2, 0) is 0 Å². The number of aromatic nitrogens is 2. The van der Waals surface area contributed by atoms with Crippen molar-refractivity contribution in [2.45, 2.75) is 6.92 Å². The van der Waals surface area contributed by atoms with Gasteiger partial charge in [0.1, 0.15) is 5.76 Å². The van der Waals surface area contributed by atoms with Crippen LogP contribution in [0.15, 0.2) is 28.9 Å². The number of carbonyl (C=O) groups excluding carboxylic acids is 1. The molecule has 0 unspecified atom stereocenters. The molecule has 18 heavy (non-hydrogen) atoms. The van der Waals surface area contributed by atoms with Gasteiger partial charge in [0.15, 0.2) is 11.4 Å². The molecule has 0 fully saturated rings. The Labute approximate surface area is 101 Å². The first-order valence-electron chi connectivity index (χ1n) is 5.01. The Bertz CT molecular complexity index is 606. The third-order valence-corrected chi connectivity index (χ3v) is 2.12. The average molecular weight is 247 g/mol. The van der Waals surface area contributed by atoms with E-state index in [1.165, 1.54) is 24.4 Å². The largest absolute Gasteiger partial charge is 0.476 e. The minimum absolute atomic E-state index is 0.0766. The van der Waals surface area contributed by atoms with Crippen molar-refractivity contribution >= 4 is 17.6 Å². The molecule has 0 saturated heterocycles. The zero-order chi connectivity index (χ0) is 13.1. The number of aryl methyl sites for hydroxylation is 1. The van der Waals surface area contributed by atoms with Gasteiger partial charge in [-0.25, -0.2) is 9.78 Å². The number of hydrogen-bond donors (Lipinski definition) is 2. The molecule has 0 bridgehead atoms. The van der Waals surface area contributed by atoms with Crippen LogP contribution < -0.4 is 5.32 Å². The van der Waals surface area contributed by atoms with Gasteiger partial charge in [0.25, 0.3) is 5.91 Å². The first-order valence-corrected chi connectivity index (χ1v) is 5.01. The molecule has 0 spiro atoms. The van der Waals surface area contributed by atoms with Gasteiger partial charge in [-0.3, -0.25) is 4.79 Å². The number of nitrogens with one attached hydrogen (secondary N) is 1.